The van der Waals surface area contributed by atoms with Crippen LogP contribution in [0.1, 0.15) is 5.56 Å². The first-order valence-corrected chi connectivity index (χ1v) is 6.28. The van der Waals surface area contributed by atoms with Crippen molar-refractivity contribution < 1.29 is 13.2 Å². The van der Waals surface area contributed by atoms with Gasteiger partial charge in [0, 0.05) is 6.20 Å². The molecule has 20 heavy (non-hydrogen) atoms. The maximum atomic E-state index is 12.7. The molecular weight excluding hydrogens is 337 g/mol. The van der Waals surface area contributed by atoms with Crippen LogP contribution in [0.15, 0.2) is 29.2 Å². The lowest BCUT2D eigenvalue weighted by molar-refractivity contribution is -0.138. The predicted octanol–water partition coefficient (Wildman–Crippen LogP) is 5.02. The molecule has 0 unspecified atom stereocenters. The highest BCUT2D eigenvalue weighted by atomic mass is 35.5. The van der Waals surface area contributed by atoms with Gasteiger partial charge in [-0.1, -0.05) is 34.8 Å². The number of benzene rings is 1. The fourth-order valence-corrected chi connectivity index (χ4v) is 2.18. The summed E-state index contributed by atoms with van der Waals surface area (Å²) in [4.78, 5) is 13.2. The van der Waals surface area contributed by atoms with E-state index in [-0.39, 0.29) is 20.6 Å². The number of aromatic nitrogens is 1. The van der Waals surface area contributed by atoms with Crippen LogP contribution in [0.2, 0.25) is 15.1 Å². The highest BCUT2D eigenvalue weighted by Gasteiger charge is 2.34. The van der Waals surface area contributed by atoms with Crippen LogP contribution in [0.4, 0.5) is 13.2 Å². The fourth-order valence-electron chi connectivity index (χ4n) is 1.58. The molecule has 0 saturated carbocycles. The van der Waals surface area contributed by atoms with E-state index >= 15 is 0 Å². The molecule has 0 aliphatic rings. The number of nitrogens with one attached hydrogen (secondary N) is 1. The zero-order valence-electron chi connectivity index (χ0n) is 9.49. The Hall–Kier alpha value is -1.17. The van der Waals surface area contributed by atoms with Crippen molar-refractivity contribution in [2.24, 2.45) is 0 Å². The predicted molar refractivity (Wildman–Crippen MR) is 72.5 cm³/mol. The van der Waals surface area contributed by atoms with E-state index in [4.69, 9.17) is 34.8 Å². The zero-order chi connectivity index (χ0) is 15.1. The molecule has 0 amide bonds. The van der Waals surface area contributed by atoms with Crippen molar-refractivity contribution in [1.82, 2.24) is 4.98 Å². The molecule has 0 saturated heterocycles. The van der Waals surface area contributed by atoms with Gasteiger partial charge in [-0.3, -0.25) is 4.79 Å². The summed E-state index contributed by atoms with van der Waals surface area (Å²) in [6.07, 6.45) is -3.60. The van der Waals surface area contributed by atoms with Crippen molar-refractivity contribution in [3.05, 3.63) is 55.4 Å². The Morgan fingerprint density at radius 3 is 2.00 bits per heavy atom. The minimum absolute atomic E-state index is 0.105. The van der Waals surface area contributed by atoms with E-state index in [2.05, 4.69) is 0 Å². The number of hydrogen-bond acceptors (Lipinski definition) is 1. The van der Waals surface area contributed by atoms with Gasteiger partial charge in [0.25, 0.3) is 5.56 Å². The van der Waals surface area contributed by atoms with E-state index in [1.165, 1.54) is 12.1 Å². The Morgan fingerprint density at radius 1 is 0.950 bits per heavy atom. The maximum Gasteiger partial charge on any atom is 0.421 e. The highest BCUT2D eigenvalue weighted by molar-refractivity contribution is 6.48. The highest BCUT2D eigenvalue weighted by Crippen LogP contribution is 2.36. The van der Waals surface area contributed by atoms with Crippen LogP contribution in [0.5, 0.6) is 0 Å². The second-order valence-electron chi connectivity index (χ2n) is 3.88. The van der Waals surface area contributed by atoms with E-state index in [0.717, 1.165) is 12.3 Å². The molecule has 0 spiro atoms. The molecule has 0 radical (unpaired) electrons. The number of H-pyrrole nitrogens is 1. The Balaban J connectivity index is 2.63. The Kier molecular flexibility index (Phi) is 4.04. The van der Waals surface area contributed by atoms with Crippen LogP contribution in [0.25, 0.3) is 11.1 Å². The van der Waals surface area contributed by atoms with Crippen LogP contribution in [-0.4, -0.2) is 4.98 Å². The number of rotatable bonds is 1. The molecule has 0 aliphatic heterocycles. The molecule has 106 valence electrons. The molecule has 0 fully saturated rings. The molecule has 0 aliphatic carbocycles. The number of pyridine rings is 1. The molecule has 2 aromatic rings. The van der Waals surface area contributed by atoms with Gasteiger partial charge in [0.15, 0.2) is 0 Å². The zero-order valence-corrected chi connectivity index (χ0v) is 11.8. The topological polar surface area (TPSA) is 32.9 Å². The summed E-state index contributed by atoms with van der Waals surface area (Å²) in [5.74, 6) is 0. The van der Waals surface area contributed by atoms with Crippen molar-refractivity contribution in [1.29, 1.82) is 0 Å². The van der Waals surface area contributed by atoms with E-state index < -0.39 is 17.3 Å². The summed E-state index contributed by atoms with van der Waals surface area (Å²) in [5.41, 5.74) is -2.08. The van der Waals surface area contributed by atoms with Gasteiger partial charge in [-0.2, -0.15) is 13.2 Å². The molecule has 1 aromatic carbocycles. The van der Waals surface area contributed by atoms with E-state index in [1.54, 1.807) is 0 Å². The summed E-state index contributed by atoms with van der Waals surface area (Å²) in [5, 5.41) is 0.320. The Labute approximate surface area is 126 Å². The van der Waals surface area contributed by atoms with E-state index in [1.807, 2.05) is 4.98 Å². The number of alkyl halides is 3. The lowest BCUT2D eigenvalue weighted by Gasteiger charge is -2.09. The van der Waals surface area contributed by atoms with Gasteiger partial charge in [-0.15, -0.1) is 0 Å². The number of hydrogen-bond donors (Lipinski definition) is 1. The lowest BCUT2D eigenvalue weighted by Crippen LogP contribution is -2.20. The standard InChI is InChI=1S/C12H5Cl3F3NO/c13-8-2-5(3-9(14)10(8)15)6-1-7(12(16,17)18)11(20)19-4-6/h1-4H,(H,19,20). The summed E-state index contributed by atoms with van der Waals surface area (Å²) in [6.45, 7) is 0. The Morgan fingerprint density at radius 2 is 1.50 bits per heavy atom. The van der Waals surface area contributed by atoms with E-state index in [0.29, 0.717) is 5.56 Å². The summed E-state index contributed by atoms with van der Waals surface area (Å²) in [7, 11) is 0. The summed E-state index contributed by atoms with van der Waals surface area (Å²) >= 11 is 17.4. The number of aromatic amines is 1. The molecule has 8 heteroatoms. The van der Waals surface area contributed by atoms with Crippen molar-refractivity contribution in [2.75, 3.05) is 0 Å². The average Bonchev–Trinajstić information content (AvgIpc) is 2.34. The minimum atomic E-state index is -4.75. The third-order valence-corrected chi connectivity index (χ3v) is 3.72. The van der Waals surface area contributed by atoms with Crippen LogP contribution >= 0.6 is 34.8 Å². The summed E-state index contributed by atoms with van der Waals surface area (Å²) in [6, 6.07) is 3.46. The first-order chi connectivity index (χ1) is 9.20. The van der Waals surface area contributed by atoms with Crippen LogP contribution in [0.3, 0.4) is 0 Å². The molecule has 1 N–H and O–H groups in total. The average molecular weight is 343 g/mol. The molecule has 1 aromatic heterocycles. The van der Waals surface area contributed by atoms with Crippen LogP contribution < -0.4 is 5.56 Å². The van der Waals surface area contributed by atoms with Gasteiger partial charge in [-0.25, -0.2) is 0 Å². The molecular formula is C12H5Cl3F3NO. The second kappa shape index (κ2) is 5.31. The van der Waals surface area contributed by atoms with Crippen molar-refractivity contribution in [2.45, 2.75) is 6.18 Å². The number of halogens is 6. The van der Waals surface area contributed by atoms with Crippen LogP contribution in [-0.2, 0) is 6.18 Å². The smallest absolute Gasteiger partial charge is 0.328 e. The SMILES string of the molecule is O=c1[nH]cc(-c2cc(Cl)c(Cl)c(Cl)c2)cc1C(F)(F)F. The molecule has 1 heterocycles. The molecule has 2 nitrogen and oxygen atoms in total. The maximum absolute atomic E-state index is 12.7. The van der Waals surface area contributed by atoms with Gasteiger partial charge in [-0.05, 0) is 29.3 Å². The van der Waals surface area contributed by atoms with Crippen molar-refractivity contribution >= 4 is 34.8 Å². The van der Waals surface area contributed by atoms with Crippen molar-refractivity contribution in [3.8, 4) is 11.1 Å². The molecule has 2 rings (SSSR count). The van der Waals surface area contributed by atoms with Gasteiger partial charge in [0.05, 0.1) is 15.1 Å². The molecule has 0 atom stereocenters. The largest absolute Gasteiger partial charge is 0.421 e. The fraction of sp³-hybridized carbons (Fsp3) is 0.0833. The second-order valence-corrected chi connectivity index (χ2v) is 5.08. The minimum Gasteiger partial charge on any atom is -0.328 e. The normalized spacial score (nSPS) is 11.7. The van der Waals surface area contributed by atoms with Crippen molar-refractivity contribution in [3.63, 3.8) is 0 Å². The van der Waals surface area contributed by atoms with Gasteiger partial charge >= 0.3 is 6.18 Å². The van der Waals surface area contributed by atoms with E-state index in [9.17, 15) is 18.0 Å². The van der Waals surface area contributed by atoms with Gasteiger partial charge in [0.1, 0.15) is 5.56 Å². The Bertz CT molecular complexity index is 702. The molecule has 0 bridgehead atoms. The lowest BCUT2D eigenvalue weighted by atomic mass is 10.1. The quantitative estimate of drug-likeness (QED) is 0.725. The van der Waals surface area contributed by atoms with Gasteiger partial charge in [0.2, 0.25) is 0 Å². The monoisotopic (exact) mass is 341 g/mol. The van der Waals surface area contributed by atoms with Gasteiger partial charge < -0.3 is 4.98 Å². The third kappa shape index (κ3) is 2.95. The summed E-state index contributed by atoms with van der Waals surface area (Å²) < 4.78 is 38.0. The third-order valence-electron chi connectivity index (χ3n) is 2.53. The van der Waals surface area contributed by atoms with Crippen LogP contribution in [0, 0.1) is 0 Å². The first-order valence-electron chi connectivity index (χ1n) is 5.15. The first kappa shape index (κ1) is 15.2.